The summed E-state index contributed by atoms with van der Waals surface area (Å²) in [7, 11) is 0. The first-order valence-electron chi connectivity index (χ1n) is 11.9. The van der Waals surface area contributed by atoms with Gasteiger partial charge in [-0.1, -0.05) is 37.3 Å². The monoisotopic (exact) mass is 483 g/mol. The zero-order valence-electron chi connectivity index (χ0n) is 19.8. The van der Waals surface area contributed by atoms with E-state index in [4.69, 9.17) is 4.74 Å². The van der Waals surface area contributed by atoms with Gasteiger partial charge in [-0.25, -0.2) is 0 Å². The molecule has 0 spiro atoms. The van der Waals surface area contributed by atoms with Gasteiger partial charge in [-0.05, 0) is 50.3 Å². The summed E-state index contributed by atoms with van der Waals surface area (Å²) in [6, 6.07) is 4.78. The van der Waals surface area contributed by atoms with Crippen LogP contribution in [-0.2, 0) is 11.0 Å². The maximum absolute atomic E-state index is 12.8. The van der Waals surface area contributed by atoms with Crippen LogP contribution in [0.3, 0.4) is 0 Å². The van der Waals surface area contributed by atoms with E-state index in [9.17, 15) is 28.2 Å². The minimum atomic E-state index is -4.42. The van der Waals surface area contributed by atoms with E-state index in [1.165, 1.54) is 12.1 Å². The van der Waals surface area contributed by atoms with Crippen molar-refractivity contribution in [3.8, 4) is 5.75 Å². The standard InChI is InChI=1S/C26H36F3NO4/c1-3-30-25(33)12-7-5-4-6-11-21-22(24(32)16-23(21)31)14-13-18(2)17-34-20-10-8-9-19(15-20)26(27,28)29/h4,6,8-10,13-15,18,21-24,31-32H,3,5,7,11-12,16-17H2,1-2H3,(H,30,33)/t18-,21-,22-,23+,24-/m1/s1. The zero-order valence-corrected chi connectivity index (χ0v) is 19.8. The normalized spacial score (nSPS) is 24.1. The number of alkyl halides is 3. The lowest BCUT2D eigenvalue weighted by Crippen LogP contribution is -2.21. The second-order valence-electron chi connectivity index (χ2n) is 8.86. The van der Waals surface area contributed by atoms with E-state index in [-0.39, 0.29) is 36.0 Å². The summed E-state index contributed by atoms with van der Waals surface area (Å²) in [6.07, 6.45) is 5.00. The number of allylic oxidation sites excluding steroid dienone is 2. The van der Waals surface area contributed by atoms with Crippen LogP contribution in [0.2, 0.25) is 0 Å². The lowest BCUT2D eigenvalue weighted by Gasteiger charge is -2.20. The summed E-state index contributed by atoms with van der Waals surface area (Å²) in [5, 5.41) is 23.5. The maximum atomic E-state index is 12.8. The molecule has 0 aliphatic heterocycles. The average molecular weight is 484 g/mol. The number of aliphatic hydroxyl groups excluding tert-OH is 2. The van der Waals surface area contributed by atoms with Crippen LogP contribution in [0.5, 0.6) is 5.75 Å². The fourth-order valence-electron chi connectivity index (χ4n) is 4.11. The molecular formula is C26H36F3NO4. The minimum Gasteiger partial charge on any atom is -0.493 e. The number of carbonyl (C=O) groups is 1. The van der Waals surface area contributed by atoms with Crippen molar-refractivity contribution in [2.75, 3.05) is 13.2 Å². The molecule has 5 atom stereocenters. The van der Waals surface area contributed by atoms with Gasteiger partial charge in [0.25, 0.3) is 0 Å². The fraction of sp³-hybridized carbons (Fsp3) is 0.577. The van der Waals surface area contributed by atoms with Crippen molar-refractivity contribution >= 4 is 5.91 Å². The van der Waals surface area contributed by atoms with Gasteiger partial charge in [0.05, 0.1) is 24.4 Å². The smallest absolute Gasteiger partial charge is 0.416 e. The zero-order chi connectivity index (χ0) is 25.1. The molecule has 1 aliphatic rings. The molecule has 1 amide bonds. The van der Waals surface area contributed by atoms with E-state index in [0.717, 1.165) is 25.0 Å². The summed E-state index contributed by atoms with van der Waals surface area (Å²) in [5.41, 5.74) is -0.753. The van der Waals surface area contributed by atoms with Gasteiger partial charge in [-0.2, -0.15) is 13.2 Å². The Morgan fingerprint density at radius 3 is 2.74 bits per heavy atom. The van der Waals surface area contributed by atoms with Gasteiger partial charge < -0.3 is 20.3 Å². The van der Waals surface area contributed by atoms with Gasteiger partial charge in [0.1, 0.15) is 5.75 Å². The van der Waals surface area contributed by atoms with Gasteiger partial charge in [0.2, 0.25) is 5.91 Å². The Hall–Kier alpha value is -2.32. The highest BCUT2D eigenvalue weighted by Gasteiger charge is 2.39. The highest BCUT2D eigenvalue weighted by atomic mass is 19.4. The van der Waals surface area contributed by atoms with Gasteiger partial charge in [0, 0.05) is 31.2 Å². The number of amides is 1. The van der Waals surface area contributed by atoms with Gasteiger partial charge in [-0.15, -0.1) is 0 Å². The number of halogens is 3. The Balaban J connectivity index is 1.84. The van der Waals surface area contributed by atoms with Crippen LogP contribution in [0, 0.1) is 17.8 Å². The summed E-state index contributed by atoms with van der Waals surface area (Å²) in [4.78, 5) is 11.5. The number of carbonyl (C=O) groups excluding carboxylic acids is 1. The molecule has 0 saturated heterocycles. The third kappa shape index (κ3) is 9.14. The van der Waals surface area contributed by atoms with Crippen LogP contribution < -0.4 is 10.1 Å². The largest absolute Gasteiger partial charge is 0.493 e. The molecule has 1 aromatic carbocycles. The maximum Gasteiger partial charge on any atom is 0.416 e. The molecule has 1 saturated carbocycles. The molecule has 0 heterocycles. The molecule has 34 heavy (non-hydrogen) atoms. The van der Waals surface area contributed by atoms with Gasteiger partial charge in [0.15, 0.2) is 0 Å². The highest BCUT2D eigenvalue weighted by molar-refractivity contribution is 5.75. The number of aliphatic hydroxyl groups is 2. The third-order valence-corrected chi connectivity index (χ3v) is 5.98. The van der Waals surface area contributed by atoms with Crippen molar-refractivity contribution in [1.82, 2.24) is 5.32 Å². The molecule has 0 aromatic heterocycles. The SMILES string of the molecule is CCNC(=O)CCCC=CC[C@@H]1[C@@H](C=C[C@@H](C)COc2cccc(C(F)(F)F)c2)[C@H](O)C[C@@H]1O. The predicted molar refractivity (Wildman–Crippen MR) is 125 cm³/mol. The number of rotatable bonds is 12. The van der Waals surface area contributed by atoms with Crippen LogP contribution in [0.25, 0.3) is 0 Å². The van der Waals surface area contributed by atoms with E-state index in [0.29, 0.717) is 25.8 Å². The summed E-state index contributed by atoms with van der Waals surface area (Å²) < 4.78 is 44.1. The number of hydrogen-bond donors (Lipinski definition) is 3. The quantitative estimate of drug-likeness (QED) is 0.292. The topological polar surface area (TPSA) is 78.8 Å². The Labute approximate surface area is 199 Å². The molecule has 0 unspecified atom stereocenters. The lowest BCUT2D eigenvalue weighted by atomic mass is 9.89. The fourth-order valence-corrected chi connectivity index (χ4v) is 4.11. The minimum absolute atomic E-state index is 0.0431. The molecule has 0 radical (unpaired) electrons. The van der Waals surface area contributed by atoms with E-state index in [1.54, 1.807) is 0 Å². The van der Waals surface area contributed by atoms with Crippen LogP contribution in [0.1, 0.15) is 51.5 Å². The van der Waals surface area contributed by atoms with Crippen LogP contribution in [0.15, 0.2) is 48.6 Å². The Morgan fingerprint density at radius 2 is 2.03 bits per heavy atom. The van der Waals surface area contributed by atoms with Crippen LogP contribution >= 0.6 is 0 Å². The Bertz CT molecular complexity index is 825. The molecule has 1 aliphatic carbocycles. The molecule has 1 fully saturated rings. The number of ether oxygens (including phenoxy) is 1. The first kappa shape index (κ1) is 27.9. The molecule has 190 valence electrons. The van der Waals surface area contributed by atoms with E-state index in [1.807, 2.05) is 38.2 Å². The van der Waals surface area contributed by atoms with Crippen molar-refractivity contribution < 1.29 is 32.9 Å². The molecule has 5 nitrogen and oxygen atoms in total. The van der Waals surface area contributed by atoms with Crippen molar-refractivity contribution in [1.29, 1.82) is 0 Å². The van der Waals surface area contributed by atoms with Gasteiger partial charge in [-0.3, -0.25) is 4.79 Å². The molecule has 1 aromatic rings. The van der Waals surface area contributed by atoms with Gasteiger partial charge >= 0.3 is 6.18 Å². The van der Waals surface area contributed by atoms with Crippen molar-refractivity contribution in [2.24, 2.45) is 17.8 Å². The molecule has 2 rings (SSSR count). The van der Waals surface area contributed by atoms with E-state index in [2.05, 4.69) is 5.32 Å². The number of hydrogen-bond acceptors (Lipinski definition) is 4. The summed E-state index contributed by atoms with van der Waals surface area (Å²) in [5.74, 6) is -0.235. The first-order chi connectivity index (χ1) is 16.1. The Kier molecular flexibility index (Phi) is 11.1. The van der Waals surface area contributed by atoms with Crippen molar-refractivity contribution in [3.05, 3.63) is 54.1 Å². The van der Waals surface area contributed by atoms with E-state index < -0.39 is 23.9 Å². The number of benzene rings is 1. The second-order valence-corrected chi connectivity index (χ2v) is 8.86. The second kappa shape index (κ2) is 13.5. The molecule has 0 bridgehead atoms. The predicted octanol–water partition coefficient (Wildman–Crippen LogP) is 4.89. The Morgan fingerprint density at radius 1 is 1.26 bits per heavy atom. The number of unbranched alkanes of at least 4 members (excludes halogenated alkanes) is 1. The lowest BCUT2D eigenvalue weighted by molar-refractivity contribution is -0.137. The van der Waals surface area contributed by atoms with Crippen molar-refractivity contribution in [2.45, 2.75) is 64.3 Å². The average Bonchev–Trinajstić information content (AvgIpc) is 3.05. The molecule has 3 N–H and O–H groups in total. The van der Waals surface area contributed by atoms with Crippen LogP contribution in [0.4, 0.5) is 13.2 Å². The molecular weight excluding hydrogens is 447 g/mol. The first-order valence-corrected chi connectivity index (χ1v) is 11.9. The summed E-state index contributed by atoms with van der Waals surface area (Å²) >= 11 is 0. The van der Waals surface area contributed by atoms with Crippen LogP contribution in [-0.4, -0.2) is 41.5 Å². The molecule has 8 heteroatoms. The third-order valence-electron chi connectivity index (χ3n) is 5.98. The van der Waals surface area contributed by atoms with Crippen molar-refractivity contribution in [3.63, 3.8) is 0 Å². The van der Waals surface area contributed by atoms with E-state index >= 15 is 0 Å². The number of nitrogens with one attached hydrogen (secondary N) is 1. The summed E-state index contributed by atoms with van der Waals surface area (Å²) in [6.45, 7) is 4.58. The highest BCUT2D eigenvalue weighted by Crippen LogP contribution is 2.36.